The van der Waals surface area contributed by atoms with E-state index in [-0.39, 0.29) is 0 Å². The lowest BCUT2D eigenvalue weighted by molar-refractivity contribution is 0.925. The summed E-state index contributed by atoms with van der Waals surface area (Å²) < 4.78 is 2.69. The molecule has 0 saturated carbocycles. The molecule has 34 heavy (non-hydrogen) atoms. The molecule has 0 unspecified atom stereocenters. The Hall–Kier alpha value is -3.69. The van der Waals surface area contributed by atoms with Crippen LogP contribution < -0.4 is 5.73 Å². The summed E-state index contributed by atoms with van der Waals surface area (Å²) in [6, 6.07) is 21.8. The van der Waals surface area contributed by atoms with E-state index in [0.717, 1.165) is 41.4 Å². The number of nitrogens with zero attached hydrogens (tertiary/aromatic N) is 1. The Morgan fingerprint density at radius 2 is 1.85 bits per heavy atom. The van der Waals surface area contributed by atoms with Crippen LogP contribution in [0.1, 0.15) is 36.5 Å². The fraction of sp³-hybridized carbons (Fsp3) is 0.129. The van der Waals surface area contributed by atoms with Gasteiger partial charge in [0.2, 0.25) is 0 Å². The van der Waals surface area contributed by atoms with Crippen molar-refractivity contribution < 1.29 is 0 Å². The van der Waals surface area contributed by atoms with Gasteiger partial charge in [0, 0.05) is 31.8 Å². The number of hydrogen-bond acceptors (Lipinski definition) is 3. The van der Waals surface area contributed by atoms with Crippen LogP contribution in [-0.4, -0.2) is 4.98 Å². The SMILES string of the molecule is CCCc1ccc2cc(C3=CC=C(c4cccc5c4sc4ccccc45)C=CC3)cnc2c1N. The molecule has 0 spiro atoms. The molecule has 0 radical (unpaired) electrons. The quantitative estimate of drug-likeness (QED) is 0.274. The van der Waals surface area contributed by atoms with Gasteiger partial charge in [0.15, 0.2) is 0 Å². The molecule has 5 aromatic rings. The first-order valence-electron chi connectivity index (χ1n) is 11.9. The van der Waals surface area contributed by atoms with Crippen molar-refractivity contribution in [2.75, 3.05) is 5.73 Å². The zero-order chi connectivity index (χ0) is 23.1. The average molecular weight is 459 g/mol. The van der Waals surface area contributed by atoms with E-state index >= 15 is 0 Å². The van der Waals surface area contributed by atoms with E-state index in [1.807, 2.05) is 17.5 Å². The number of aromatic nitrogens is 1. The van der Waals surface area contributed by atoms with Gasteiger partial charge in [-0.2, -0.15) is 0 Å². The van der Waals surface area contributed by atoms with Crippen molar-refractivity contribution in [2.45, 2.75) is 26.2 Å². The molecule has 3 heteroatoms. The van der Waals surface area contributed by atoms with Crippen molar-refractivity contribution in [3.8, 4) is 0 Å². The summed E-state index contributed by atoms with van der Waals surface area (Å²) in [5, 5.41) is 3.77. The second-order valence-electron chi connectivity index (χ2n) is 8.88. The molecule has 2 nitrogen and oxygen atoms in total. The Balaban J connectivity index is 1.40. The van der Waals surface area contributed by atoms with Crippen LogP contribution in [0.15, 0.2) is 91.2 Å². The minimum Gasteiger partial charge on any atom is -0.397 e. The number of pyridine rings is 1. The van der Waals surface area contributed by atoms with Gasteiger partial charge in [-0.1, -0.05) is 86.2 Å². The first kappa shape index (κ1) is 20.9. The molecule has 2 heterocycles. The number of fused-ring (bicyclic) bond motifs is 4. The molecule has 1 aliphatic carbocycles. The third-order valence-electron chi connectivity index (χ3n) is 6.69. The number of benzene rings is 3. The van der Waals surface area contributed by atoms with Crippen LogP contribution in [0.5, 0.6) is 0 Å². The van der Waals surface area contributed by atoms with Crippen LogP contribution in [0.3, 0.4) is 0 Å². The summed E-state index contributed by atoms with van der Waals surface area (Å²) in [7, 11) is 0. The van der Waals surface area contributed by atoms with Crippen molar-refractivity contribution >= 4 is 59.2 Å². The van der Waals surface area contributed by atoms with Gasteiger partial charge in [-0.05, 0) is 52.8 Å². The van der Waals surface area contributed by atoms with E-state index in [2.05, 4.69) is 91.9 Å². The number of thiophene rings is 1. The van der Waals surface area contributed by atoms with Gasteiger partial charge < -0.3 is 5.73 Å². The maximum atomic E-state index is 6.42. The number of nitrogens with two attached hydrogens (primary N) is 1. The molecule has 0 amide bonds. The summed E-state index contributed by atoms with van der Waals surface area (Å²) >= 11 is 1.88. The lowest BCUT2D eigenvalue weighted by Crippen LogP contribution is -1.97. The monoisotopic (exact) mass is 458 g/mol. The predicted octanol–water partition coefficient (Wildman–Crippen LogP) is 8.56. The molecule has 2 aromatic heterocycles. The van der Waals surface area contributed by atoms with E-state index in [4.69, 9.17) is 10.7 Å². The zero-order valence-corrected chi connectivity index (χ0v) is 20.0. The maximum absolute atomic E-state index is 6.42. The van der Waals surface area contributed by atoms with E-state index in [1.54, 1.807) is 0 Å². The first-order chi connectivity index (χ1) is 16.7. The summed E-state index contributed by atoms with van der Waals surface area (Å²) in [6.45, 7) is 2.18. The Morgan fingerprint density at radius 3 is 2.76 bits per heavy atom. The zero-order valence-electron chi connectivity index (χ0n) is 19.2. The number of aryl methyl sites for hydroxylation is 1. The normalized spacial score (nSPS) is 13.9. The summed E-state index contributed by atoms with van der Waals surface area (Å²) in [4.78, 5) is 4.76. The standard InChI is InChI=1S/C31H26N2S/c1-2-7-22-16-17-23-18-24(19-33-30(23)29(22)32)20-8-5-9-21(15-14-20)25-11-6-12-27-26-10-3-4-13-28(26)34-31(25)27/h3-6,9-19H,2,7-8,32H2,1H3. The van der Waals surface area contributed by atoms with Crippen LogP contribution in [-0.2, 0) is 6.42 Å². The van der Waals surface area contributed by atoms with E-state index in [9.17, 15) is 0 Å². The van der Waals surface area contributed by atoms with Gasteiger partial charge in [-0.25, -0.2) is 0 Å². The molecule has 2 N–H and O–H groups in total. The summed E-state index contributed by atoms with van der Waals surface area (Å²) in [6.07, 6.45) is 13.9. The van der Waals surface area contributed by atoms with Crippen molar-refractivity contribution in [1.29, 1.82) is 0 Å². The topological polar surface area (TPSA) is 38.9 Å². The molecule has 0 saturated heterocycles. The lowest BCUT2D eigenvalue weighted by Gasteiger charge is -2.10. The molecule has 1 aliphatic rings. The van der Waals surface area contributed by atoms with Gasteiger partial charge in [0.05, 0.1) is 11.2 Å². The summed E-state index contributed by atoms with van der Waals surface area (Å²) in [5.74, 6) is 0. The van der Waals surface area contributed by atoms with E-state index in [0.29, 0.717) is 0 Å². The number of nitrogen functional groups attached to an aromatic ring is 1. The minimum absolute atomic E-state index is 0.819. The van der Waals surface area contributed by atoms with Crippen LogP contribution in [0, 0.1) is 0 Å². The van der Waals surface area contributed by atoms with Crippen LogP contribution in [0.2, 0.25) is 0 Å². The molecule has 3 aromatic carbocycles. The number of rotatable bonds is 4. The van der Waals surface area contributed by atoms with Crippen LogP contribution >= 0.6 is 11.3 Å². The molecule has 6 rings (SSSR count). The molecular weight excluding hydrogens is 432 g/mol. The highest BCUT2D eigenvalue weighted by Gasteiger charge is 2.12. The fourth-order valence-corrected chi connectivity index (χ4v) is 6.16. The number of hydrogen-bond donors (Lipinski definition) is 1. The number of allylic oxidation sites excluding steroid dienone is 6. The minimum atomic E-state index is 0.819. The highest BCUT2D eigenvalue weighted by Crippen LogP contribution is 2.39. The number of anilines is 1. The van der Waals surface area contributed by atoms with Crippen molar-refractivity contribution in [3.63, 3.8) is 0 Å². The molecule has 0 atom stereocenters. The lowest BCUT2D eigenvalue weighted by atomic mass is 10.00. The largest absolute Gasteiger partial charge is 0.397 e. The fourth-order valence-electron chi connectivity index (χ4n) is 4.92. The van der Waals surface area contributed by atoms with Crippen LogP contribution in [0.4, 0.5) is 5.69 Å². The maximum Gasteiger partial charge on any atom is 0.0934 e. The second-order valence-corrected chi connectivity index (χ2v) is 9.94. The predicted molar refractivity (Wildman–Crippen MR) is 149 cm³/mol. The smallest absolute Gasteiger partial charge is 0.0934 e. The van der Waals surface area contributed by atoms with Gasteiger partial charge in [0.25, 0.3) is 0 Å². The Kier molecular flexibility index (Phi) is 5.27. The Morgan fingerprint density at radius 1 is 0.971 bits per heavy atom. The molecule has 0 bridgehead atoms. The van der Waals surface area contributed by atoms with E-state index < -0.39 is 0 Å². The third-order valence-corrected chi connectivity index (χ3v) is 7.91. The molecule has 0 aliphatic heterocycles. The van der Waals surface area contributed by atoms with E-state index in [1.165, 1.54) is 42.4 Å². The highest BCUT2D eigenvalue weighted by atomic mass is 32.1. The van der Waals surface area contributed by atoms with Gasteiger partial charge >= 0.3 is 0 Å². The molecular formula is C31H26N2S. The Labute approximate surface area is 203 Å². The van der Waals surface area contributed by atoms with Crippen LogP contribution in [0.25, 0.3) is 42.2 Å². The molecule has 0 fully saturated rings. The van der Waals surface area contributed by atoms with Crippen molar-refractivity contribution in [2.24, 2.45) is 0 Å². The highest BCUT2D eigenvalue weighted by molar-refractivity contribution is 7.26. The third kappa shape index (κ3) is 3.53. The van der Waals surface area contributed by atoms with Gasteiger partial charge in [0.1, 0.15) is 0 Å². The second kappa shape index (κ2) is 8.58. The average Bonchev–Trinajstić information content (AvgIpc) is 3.07. The molecule has 166 valence electrons. The summed E-state index contributed by atoms with van der Waals surface area (Å²) in [5.41, 5.74) is 14.3. The van der Waals surface area contributed by atoms with Gasteiger partial charge in [-0.15, -0.1) is 11.3 Å². The van der Waals surface area contributed by atoms with Crippen molar-refractivity contribution in [3.05, 3.63) is 108 Å². The first-order valence-corrected chi connectivity index (χ1v) is 12.7. The van der Waals surface area contributed by atoms with Crippen molar-refractivity contribution in [1.82, 2.24) is 4.98 Å². The van der Waals surface area contributed by atoms with Gasteiger partial charge in [-0.3, -0.25) is 4.98 Å². The Bertz CT molecular complexity index is 1650.